The second kappa shape index (κ2) is 6.44. The summed E-state index contributed by atoms with van der Waals surface area (Å²) in [4.78, 5) is 29.8. The van der Waals surface area contributed by atoms with Crippen molar-refractivity contribution < 1.29 is 4.79 Å². The normalized spacial score (nSPS) is 18.9. The molecular weight excluding hydrogens is 348 g/mol. The number of nitrogens with one attached hydrogen (secondary N) is 1. The van der Waals surface area contributed by atoms with Crippen molar-refractivity contribution >= 4 is 28.6 Å². The fourth-order valence-electron chi connectivity index (χ4n) is 3.22. The van der Waals surface area contributed by atoms with Gasteiger partial charge in [0.2, 0.25) is 5.91 Å². The molecule has 2 aliphatic rings. The van der Waals surface area contributed by atoms with E-state index in [2.05, 4.69) is 16.4 Å². The van der Waals surface area contributed by atoms with Crippen molar-refractivity contribution in [2.75, 3.05) is 5.75 Å². The Kier molecular flexibility index (Phi) is 4.23. The van der Waals surface area contributed by atoms with E-state index >= 15 is 0 Å². The van der Waals surface area contributed by atoms with Gasteiger partial charge < -0.3 is 5.32 Å². The fourth-order valence-corrected chi connectivity index (χ4v) is 4.09. The van der Waals surface area contributed by atoms with Crippen LogP contribution in [0.3, 0.4) is 0 Å². The number of carbonyl (C=O) groups is 1. The van der Waals surface area contributed by atoms with E-state index in [-0.39, 0.29) is 29.2 Å². The Labute approximate surface area is 155 Å². The number of hydrogen-bond donors (Lipinski definition) is 1. The predicted molar refractivity (Wildman–Crippen MR) is 99.9 cm³/mol. The third kappa shape index (κ3) is 3.21. The quantitative estimate of drug-likeness (QED) is 0.625. The lowest BCUT2D eigenvalue weighted by Gasteiger charge is -2.22. The van der Waals surface area contributed by atoms with Crippen LogP contribution in [0, 0.1) is 17.2 Å². The lowest BCUT2D eigenvalue weighted by Crippen LogP contribution is -2.47. The number of rotatable bonds is 6. The summed E-state index contributed by atoms with van der Waals surface area (Å²) in [7, 11) is 0. The summed E-state index contributed by atoms with van der Waals surface area (Å²) in [5.41, 5.74) is -0.192. The van der Waals surface area contributed by atoms with Gasteiger partial charge in [-0.15, -0.1) is 0 Å². The van der Waals surface area contributed by atoms with Crippen molar-refractivity contribution in [3.05, 3.63) is 34.6 Å². The molecule has 7 heteroatoms. The van der Waals surface area contributed by atoms with Gasteiger partial charge >= 0.3 is 0 Å². The highest BCUT2D eigenvalue weighted by Gasteiger charge is 2.43. The first-order chi connectivity index (χ1) is 12.5. The molecule has 1 amide bonds. The standard InChI is InChI=1S/C19H20N4O2S/c1-19(11-20,12-6-7-12)22-16(24)10-26-18-21-15-5-3-2-4-14(15)17(25)23(18)13-8-9-13/h2-5,12-13H,6-10H2,1H3,(H,22,24). The summed E-state index contributed by atoms with van der Waals surface area (Å²) in [6.45, 7) is 1.78. The van der Waals surface area contributed by atoms with E-state index in [1.165, 1.54) is 11.8 Å². The molecule has 2 fully saturated rings. The molecule has 0 radical (unpaired) electrons. The van der Waals surface area contributed by atoms with Crippen molar-refractivity contribution in [3.8, 4) is 6.07 Å². The summed E-state index contributed by atoms with van der Waals surface area (Å²) in [5, 5.41) is 13.4. The maximum Gasteiger partial charge on any atom is 0.262 e. The molecule has 134 valence electrons. The van der Waals surface area contributed by atoms with E-state index in [9.17, 15) is 14.9 Å². The van der Waals surface area contributed by atoms with E-state index in [0.717, 1.165) is 25.7 Å². The van der Waals surface area contributed by atoms with Gasteiger partial charge in [0.15, 0.2) is 5.16 Å². The van der Waals surface area contributed by atoms with Gasteiger partial charge in [-0.25, -0.2) is 4.98 Å². The minimum Gasteiger partial charge on any atom is -0.337 e. The highest BCUT2D eigenvalue weighted by Crippen LogP contribution is 2.39. The average molecular weight is 368 g/mol. The smallest absolute Gasteiger partial charge is 0.262 e. The van der Waals surface area contributed by atoms with Crippen LogP contribution in [0.4, 0.5) is 0 Å². The van der Waals surface area contributed by atoms with Crippen molar-refractivity contribution in [3.63, 3.8) is 0 Å². The number of carbonyl (C=O) groups excluding carboxylic acids is 1. The van der Waals surface area contributed by atoms with Crippen LogP contribution in [0.15, 0.2) is 34.2 Å². The molecule has 1 N–H and O–H groups in total. The van der Waals surface area contributed by atoms with Crippen molar-refractivity contribution in [2.24, 2.45) is 5.92 Å². The summed E-state index contributed by atoms with van der Waals surface area (Å²) < 4.78 is 1.73. The van der Waals surface area contributed by atoms with E-state index in [1.54, 1.807) is 17.6 Å². The lowest BCUT2D eigenvalue weighted by molar-refractivity contribution is -0.119. The molecule has 0 aliphatic heterocycles. The molecule has 26 heavy (non-hydrogen) atoms. The van der Waals surface area contributed by atoms with Crippen LogP contribution in [0.25, 0.3) is 10.9 Å². The van der Waals surface area contributed by atoms with Gasteiger partial charge in [0.05, 0.1) is 22.7 Å². The van der Waals surface area contributed by atoms with Crippen LogP contribution in [0.5, 0.6) is 0 Å². The Hall–Kier alpha value is -2.33. The summed E-state index contributed by atoms with van der Waals surface area (Å²) in [5.74, 6) is 0.183. The van der Waals surface area contributed by atoms with Crippen LogP contribution in [0.2, 0.25) is 0 Å². The Bertz CT molecular complexity index is 972. The number of para-hydroxylation sites is 1. The van der Waals surface area contributed by atoms with E-state index in [0.29, 0.717) is 16.1 Å². The Morgan fingerprint density at radius 2 is 2.12 bits per heavy atom. The number of fused-ring (bicyclic) bond motifs is 1. The zero-order chi connectivity index (χ0) is 18.3. The second-order valence-electron chi connectivity index (χ2n) is 7.24. The molecule has 1 aromatic heterocycles. The third-order valence-electron chi connectivity index (χ3n) is 5.05. The van der Waals surface area contributed by atoms with Crippen LogP contribution < -0.4 is 10.9 Å². The molecule has 0 bridgehead atoms. The lowest BCUT2D eigenvalue weighted by atomic mass is 9.98. The van der Waals surface area contributed by atoms with Gasteiger partial charge in [0.1, 0.15) is 5.54 Å². The zero-order valence-corrected chi connectivity index (χ0v) is 15.4. The number of hydrogen-bond acceptors (Lipinski definition) is 5. The van der Waals surface area contributed by atoms with Gasteiger partial charge in [-0.1, -0.05) is 23.9 Å². The van der Waals surface area contributed by atoms with Gasteiger partial charge in [0, 0.05) is 6.04 Å². The summed E-state index contributed by atoms with van der Waals surface area (Å²) >= 11 is 1.27. The topological polar surface area (TPSA) is 87.8 Å². The average Bonchev–Trinajstić information content (AvgIpc) is 3.52. The number of nitrogens with zero attached hydrogens (tertiary/aromatic N) is 3. The molecule has 2 saturated carbocycles. The van der Waals surface area contributed by atoms with Crippen molar-refractivity contribution in [1.29, 1.82) is 5.26 Å². The molecule has 2 aliphatic carbocycles. The molecule has 6 nitrogen and oxygen atoms in total. The number of nitriles is 1. The van der Waals surface area contributed by atoms with E-state index in [4.69, 9.17) is 0 Å². The summed E-state index contributed by atoms with van der Waals surface area (Å²) in [6.07, 6.45) is 3.89. The molecule has 1 aromatic carbocycles. The third-order valence-corrected chi connectivity index (χ3v) is 6.00. The minimum absolute atomic E-state index is 0.0409. The largest absolute Gasteiger partial charge is 0.337 e. The zero-order valence-electron chi connectivity index (χ0n) is 14.6. The molecule has 0 saturated heterocycles. The maximum absolute atomic E-state index is 12.8. The number of aromatic nitrogens is 2. The maximum atomic E-state index is 12.8. The van der Waals surface area contributed by atoms with Gasteiger partial charge in [0.25, 0.3) is 5.56 Å². The van der Waals surface area contributed by atoms with Gasteiger partial charge in [-0.3, -0.25) is 14.2 Å². The van der Waals surface area contributed by atoms with Crippen molar-refractivity contribution in [1.82, 2.24) is 14.9 Å². The first-order valence-corrected chi connectivity index (χ1v) is 9.87. The Balaban J connectivity index is 1.55. The molecular formula is C19H20N4O2S. The molecule has 0 spiro atoms. The second-order valence-corrected chi connectivity index (χ2v) is 8.19. The highest BCUT2D eigenvalue weighted by molar-refractivity contribution is 7.99. The first-order valence-electron chi connectivity index (χ1n) is 8.88. The van der Waals surface area contributed by atoms with Crippen LogP contribution >= 0.6 is 11.8 Å². The number of benzene rings is 1. The summed E-state index contributed by atoms with van der Waals surface area (Å²) in [6, 6.07) is 9.71. The van der Waals surface area contributed by atoms with Crippen LogP contribution in [-0.2, 0) is 4.79 Å². The molecule has 1 heterocycles. The van der Waals surface area contributed by atoms with Gasteiger partial charge in [-0.05, 0) is 50.7 Å². The Morgan fingerprint density at radius 1 is 1.38 bits per heavy atom. The fraction of sp³-hybridized carbons (Fsp3) is 0.474. The molecule has 2 aromatic rings. The monoisotopic (exact) mass is 368 g/mol. The van der Waals surface area contributed by atoms with E-state index < -0.39 is 5.54 Å². The SMILES string of the molecule is CC(C#N)(NC(=O)CSc1nc2ccccc2c(=O)n1C1CC1)C1CC1. The van der Waals surface area contributed by atoms with Crippen LogP contribution in [0.1, 0.15) is 38.6 Å². The first kappa shape index (κ1) is 17.1. The number of amides is 1. The van der Waals surface area contributed by atoms with Crippen molar-refractivity contribution in [2.45, 2.75) is 49.3 Å². The van der Waals surface area contributed by atoms with Gasteiger partial charge in [-0.2, -0.15) is 5.26 Å². The molecule has 1 unspecified atom stereocenters. The number of thioether (sulfide) groups is 1. The minimum atomic E-state index is -0.801. The van der Waals surface area contributed by atoms with Crippen LogP contribution in [-0.4, -0.2) is 26.8 Å². The highest BCUT2D eigenvalue weighted by atomic mass is 32.2. The van der Waals surface area contributed by atoms with E-state index in [1.807, 2.05) is 18.2 Å². The predicted octanol–water partition coefficient (Wildman–Crippen LogP) is 2.63. The molecule has 1 atom stereocenters. The molecule has 4 rings (SSSR count). The Morgan fingerprint density at radius 3 is 2.77 bits per heavy atom.